The van der Waals surface area contributed by atoms with Crippen molar-refractivity contribution in [3.63, 3.8) is 0 Å². The fourth-order valence-corrected chi connectivity index (χ4v) is 2.37. The molecular formula is C12H10ClN3S. The van der Waals surface area contributed by atoms with Crippen LogP contribution in [0.2, 0.25) is 5.02 Å². The maximum atomic E-state index is 7.25. The maximum Gasteiger partial charge on any atom is 0.141 e. The molecule has 0 bridgehead atoms. The second-order valence-electron chi connectivity index (χ2n) is 3.35. The summed E-state index contributed by atoms with van der Waals surface area (Å²) in [5.74, 6) is -0.0238. The smallest absolute Gasteiger partial charge is 0.141 e. The van der Waals surface area contributed by atoms with Gasteiger partial charge in [-0.2, -0.15) is 0 Å². The molecule has 17 heavy (non-hydrogen) atoms. The monoisotopic (exact) mass is 263 g/mol. The molecule has 0 saturated heterocycles. The lowest BCUT2D eigenvalue weighted by molar-refractivity contribution is 1.19. The number of nitrogens with two attached hydrogens (primary N) is 1. The average molecular weight is 264 g/mol. The lowest BCUT2D eigenvalue weighted by atomic mass is 10.3. The van der Waals surface area contributed by atoms with Crippen molar-refractivity contribution >= 4 is 29.2 Å². The van der Waals surface area contributed by atoms with Crippen LogP contribution in [-0.4, -0.2) is 10.8 Å². The summed E-state index contributed by atoms with van der Waals surface area (Å²) in [7, 11) is 0. The molecular weight excluding hydrogens is 254 g/mol. The zero-order valence-electron chi connectivity index (χ0n) is 8.85. The van der Waals surface area contributed by atoms with Gasteiger partial charge in [-0.05, 0) is 30.3 Å². The molecule has 3 nitrogen and oxygen atoms in total. The molecule has 0 saturated carbocycles. The summed E-state index contributed by atoms with van der Waals surface area (Å²) in [6.07, 6.45) is 1.70. The highest BCUT2D eigenvalue weighted by atomic mass is 35.5. The number of nitrogens with zero attached hydrogens (tertiary/aromatic N) is 1. The van der Waals surface area contributed by atoms with Gasteiger partial charge >= 0.3 is 0 Å². The SMILES string of the molecule is N=C(N)c1ccc(Sc2cccc(Cl)c2)cn1. The predicted octanol–water partition coefficient (Wildman–Crippen LogP) is 3.17. The zero-order chi connectivity index (χ0) is 12.3. The molecule has 2 aromatic rings. The molecule has 0 aliphatic heterocycles. The van der Waals surface area contributed by atoms with E-state index in [1.54, 1.807) is 24.0 Å². The summed E-state index contributed by atoms with van der Waals surface area (Å²) in [6.45, 7) is 0. The molecule has 86 valence electrons. The number of nitrogen functional groups attached to an aromatic ring is 1. The molecule has 0 aliphatic carbocycles. The van der Waals surface area contributed by atoms with Crippen molar-refractivity contribution in [2.45, 2.75) is 9.79 Å². The van der Waals surface area contributed by atoms with Crippen molar-refractivity contribution in [1.82, 2.24) is 4.98 Å². The first-order valence-corrected chi connectivity index (χ1v) is 6.08. The van der Waals surface area contributed by atoms with E-state index in [0.29, 0.717) is 10.7 Å². The van der Waals surface area contributed by atoms with Crippen molar-refractivity contribution in [3.05, 3.63) is 53.3 Å². The van der Waals surface area contributed by atoms with Crippen molar-refractivity contribution in [2.75, 3.05) is 0 Å². The van der Waals surface area contributed by atoms with Gasteiger partial charge in [-0.3, -0.25) is 10.4 Å². The third-order valence-electron chi connectivity index (χ3n) is 2.04. The minimum absolute atomic E-state index is 0.0238. The van der Waals surface area contributed by atoms with Crippen LogP contribution in [0, 0.1) is 5.41 Å². The van der Waals surface area contributed by atoms with E-state index in [4.69, 9.17) is 22.7 Å². The molecule has 0 fully saturated rings. The summed E-state index contributed by atoms with van der Waals surface area (Å²) >= 11 is 7.47. The van der Waals surface area contributed by atoms with E-state index in [2.05, 4.69) is 4.98 Å². The van der Waals surface area contributed by atoms with Crippen LogP contribution < -0.4 is 5.73 Å². The Balaban J connectivity index is 2.16. The minimum Gasteiger partial charge on any atom is -0.382 e. The third kappa shape index (κ3) is 3.22. The Hall–Kier alpha value is -1.52. The fourth-order valence-electron chi connectivity index (χ4n) is 1.27. The number of pyridine rings is 1. The van der Waals surface area contributed by atoms with Gasteiger partial charge in [0.15, 0.2) is 0 Å². The Labute approximate surface area is 109 Å². The quantitative estimate of drug-likeness (QED) is 0.660. The number of amidine groups is 1. The summed E-state index contributed by atoms with van der Waals surface area (Å²) in [6, 6.07) is 11.2. The van der Waals surface area contributed by atoms with Crippen LogP contribution >= 0.6 is 23.4 Å². The number of rotatable bonds is 3. The standard InChI is InChI=1S/C12H10ClN3S/c13-8-2-1-3-9(6-8)17-10-4-5-11(12(14)15)16-7-10/h1-7H,(H3,14,15). The van der Waals surface area contributed by atoms with E-state index in [1.165, 1.54) is 0 Å². The first-order valence-electron chi connectivity index (χ1n) is 4.89. The topological polar surface area (TPSA) is 62.8 Å². The number of benzene rings is 1. The van der Waals surface area contributed by atoms with Gasteiger partial charge in [0.2, 0.25) is 0 Å². The lowest BCUT2D eigenvalue weighted by Gasteiger charge is -2.02. The van der Waals surface area contributed by atoms with Gasteiger partial charge in [-0.15, -0.1) is 0 Å². The van der Waals surface area contributed by atoms with Crippen molar-refractivity contribution < 1.29 is 0 Å². The van der Waals surface area contributed by atoms with Gasteiger partial charge in [-0.25, -0.2) is 0 Å². The van der Waals surface area contributed by atoms with E-state index in [-0.39, 0.29) is 5.84 Å². The summed E-state index contributed by atoms with van der Waals surface area (Å²) in [5.41, 5.74) is 5.82. The van der Waals surface area contributed by atoms with Gasteiger partial charge in [-0.1, -0.05) is 29.4 Å². The van der Waals surface area contributed by atoms with Gasteiger partial charge in [0.1, 0.15) is 11.5 Å². The van der Waals surface area contributed by atoms with Gasteiger partial charge in [0, 0.05) is 21.0 Å². The summed E-state index contributed by atoms with van der Waals surface area (Å²) in [5, 5.41) is 7.96. The molecule has 1 heterocycles. The Morgan fingerprint density at radius 1 is 1.24 bits per heavy atom. The van der Waals surface area contributed by atoms with E-state index in [9.17, 15) is 0 Å². The molecule has 2 rings (SSSR count). The Morgan fingerprint density at radius 3 is 2.65 bits per heavy atom. The maximum absolute atomic E-state index is 7.25. The molecule has 1 aromatic heterocycles. The highest BCUT2D eigenvalue weighted by Gasteiger charge is 2.01. The lowest BCUT2D eigenvalue weighted by Crippen LogP contribution is -2.12. The molecule has 5 heteroatoms. The summed E-state index contributed by atoms with van der Waals surface area (Å²) in [4.78, 5) is 6.13. The number of nitrogens with one attached hydrogen (secondary N) is 1. The first kappa shape index (κ1) is 12.0. The Morgan fingerprint density at radius 2 is 2.06 bits per heavy atom. The van der Waals surface area contributed by atoms with Crippen molar-refractivity contribution in [3.8, 4) is 0 Å². The van der Waals surface area contributed by atoms with E-state index in [1.807, 2.05) is 30.3 Å². The largest absolute Gasteiger partial charge is 0.382 e. The molecule has 3 N–H and O–H groups in total. The Kier molecular flexibility index (Phi) is 3.66. The predicted molar refractivity (Wildman–Crippen MR) is 70.8 cm³/mol. The molecule has 0 radical (unpaired) electrons. The van der Waals surface area contributed by atoms with Crippen LogP contribution in [0.15, 0.2) is 52.4 Å². The van der Waals surface area contributed by atoms with E-state index in [0.717, 1.165) is 9.79 Å². The van der Waals surface area contributed by atoms with Crippen molar-refractivity contribution in [1.29, 1.82) is 5.41 Å². The molecule has 0 amide bonds. The van der Waals surface area contributed by atoms with Crippen LogP contribution in [0.5, 0.6) is 0 Å². The van der Waals surface area contributed by atoms with Crippen LogP contribution in [0.25, 0.3) is 0 Å². The zero-order valence-corrected chi connectivity index (χ0v) is 10.4. The van der Waals surface area contributed by atoms with Crippen LogP contribution in [0.3, 0.4) is 0 Å². The van der Waals surface area contributed by atoms with Crippen LogP contribution in [0.4, 0.5) is 0 Å². The molecule has 0 atom stereocenters. The second kappa shape index (κ2) is 5.21. The summed E-state index contributed by atoms with van der Waals surface area (Å²) < 4.78 is 0. The molecule has 1 aromatic carbocycles. The molecule has 0 aliphatic rings. The molecule has 0 spiro atoms. The normalized spacial score (nSPS) is 10.2. The van der Waals surface area contributed by atoms with E-state index >= 15 is 0 Å². The second-order valence-corrected chi connectivity index (χ2v) is 4.94. The minimum atomic E-state index is -0.0238. The van der Waals surface area contributed by atoms with Crippen molar-refractivity contribution in [2.24, 2.45) is 5.73 Å². The van der Waals surface area contributed by atoms with Crippen LogP contribution in [0.1, 0.15) is 5.69 Å². The van der Waals surface area contributed by atoms with Crippen LogP contribution in [-0.2, 0) is 0 Å². The highest BCUT2D eigenvalue weighted by molar-refractivity contribution is 7.99. The number of aromatic nitrogens is 1. The number of hydrogen-bond donors (Lipinski definition) is 2. The Bertz CT molecular complexity index is 540. The van der Waals surface area contributed by atoms with Gasteiger partial charge in [0.05, 0.1) is 0 Å². The van der Waals surface area contributed by atoms with Gasteiger partial charge < -0.3 is 5.73 Å². The number of halogens is 1. The molecule has 0 unspecified atom stereocenters. The number of hydrogen-bond acceptors (Lipinski definition) is 3. The third-order valence-corrected chi connectivity index (χ3v) is 3.25. The first-order chi connectivity index (χ1) is 8.15. The van der Waals surface area contributed by atoms with Gasteiger partial charge in [0.25, 0.3) is 0 Å². The van der Waals surface area contributed by atoms with E-state index < -0.39 is 0 Å². The highest BCUT2D eigenvalue weighted by Crippen LogP contribution is 2.28. The average Bonchev–Trinajstić information content (AvgIpc) is 2.29. The fraction of sp³-hybridized carbons (Fsp3) is 0.